The molecule has 1 heterocycles. The number of hydrogen-bond donors (Lipinski definition) is 1. The average molecular weight is 363 g/mol. The number of amides is 1. The lowest BCUT2D eigenvalue weighted by Crippen LogP contribution is -2.12. The third-order valence-electron chi connectivity index (χ3n) is 4.60. The molecule has 1 saturated carbocycles. The summed E-state index contributed by atoms with van der Waals surface area (Å²) < 4.78 is 7.20. The third-order valence-corrected chi connectivity index (χ3v) is 4.60. The number of anilines is 1. The predicted octanol–water partition coefficient (Wildman–Crippen LogP) is 3.25. The van der Waals surface area contributed by atoms with Gasteiger partial charge in [-0.2, -0.15) is 0 Å². The number of para-hydroxylation sites is 1. The molecule has 0 saturated heterocycles. The molecule has 7 nitrogen and oxygen atoms in total. The molecule has 27 heavy (non-hydrogen) atoms. The first-order chi connectivity index (χ1) is 13.2. The summed E-state index contributed by atoms with van der Waals surface area (Å²) in [5, 5.41) is 15.0. The summed E-state index contributed by atoms with van der Waals surface area (Å²) in [4.78, 5) is 12.4. The van der Waals surface area contributed by atoms with Crippen molar-refractivity contribution in [3.8, 4) is 17.1 Å². The van der Waals surface area contributed by atoms with E-state index >= 15 is 0 Å². The van der Waals surface area contributed by atoms with Crippen molar-refractivity contribution in [1.29, 1.82) is 0 Å². The Morgan fingerprint density at radius 3 is 2.89 bits per heavy atom. The summed E-state index contributed by atoms with van der Waals surface area (Å²) in [6, 6.07) is 15.8. The number of carbonyl (C=O) groups is 1. The molecule has 1 aliphatic carbocycles. The Balaban J connectivity index is 1.42. The molecule has 0 aliphatic heterocycles. The van der Waals surface area contributed by atoms with Gasteiger partial charge in [0, 0.05) is 17.7 Å². The zero-order valence-corrected chi connectivity index (χ0v) is 15.1. The lowest BCUT2D eigenvalue weighted by atomic mass is 10.1. The minimum absolute atomic E-state index is 0.0418. The van der Waals surface area contributed by atoms with Crippen LogP contribution in [0.1, 0.15) is 30.9 Å². The Kier molecular flexibility index (Phi) is 4.82. The second kappa shape index (κ2) is 7.57. The number of carbonyl (C=O) groups excluding carboxylic acids is 1. The summed E-state index contributed by atoms with van der Waals surface area (Å²) in [6.45, 7) is 0. The van der Waals surface area contributed by atoms with E-state index in [1.807, 2.05) is 53.2 Å². The minimum Gasteiger partial charge on any atom is -0.496 e. The Bertz CT molecular complexity index is 949. The van der Waals surface area contributed by atoms with Gasteiger partial charge in [-0.1, -0.05) is 30.3 Å². The Morgan fingerprint density at radius 1 is 1.22 bits per heavy atom. The number of benzene rings is 2. The van der Waals surface area contributed by atoms with E-state index in [1.165, 1.54) is 0 Å². The normalized spacial score (nSPS) is 13.4. The summed E-state index contributed by atoms with van der Waals surface area (Å²) in [7, 11) is 1.64. The van der Waals surface area contributed by atoms with Crippen LogP contribution in [0, 0.1) is 0 Å². The number of nitrogens with one attached hydrogen (secondary N) is 1. The highest BCUT2D eigenvalue weighted by Crippen LogP contribution is 2.36. The number of methoxy groups -OCH3 is 1. The number of ether oxygens (including phenoxy) is 1. The average Bonchev–Trinajstić information content (AvgIpc) is 3.43. The van der Waals surface area contributed by atoms with Gasteiger partial charge in [-0.05, 0) is 53.5 Å². The first-order valence-corrected chi connectivity index (χ1v) is 9.04. The van der Waals surface area contributed by atoms with Gasteiger partial charge < -0.3 is 10.1 Å². The maximum absolute atomic E-state index is 12.4. The second-order valence-corrected chi connectivity index (χ2v) is 6.62. The van der Waals surface area contributed by atoms with Gasteiger partial charge in [0.2, 0.25) is 5.91 Å². The van der Waals surface area contributed by atoms with Crippen LogP contribution in [0.5, 0.6) is 5.75 Å². The van der Waals surface area contributed by atoms with Crippen LogP contribution in [0.25, 0.3) is 11.4 Å². The number of tetrazole rings is 1. The third kappa shape index (κ3) is 3.97. The molecule has 1 amide bonds. The van der Waals surface area contributed by atoms with Gasteiger partial charge in [0.25, 0.3) is 0 Å². The Morgan fingerprint density at radius 2 is 2.07 bits per heavy atom. The lowest BCUT2D eigenvalue weighted by Gasteiger charge is -2.09. The van der Waals surface area contributed by atoms with E-state index in [2.05, 4.69) is 20.8 Å². The van der Waals surface area contributed by atoms with Crippen molar-refractivity contribution < 1.29 is 9.53 Å². The van der Waals surface area contributed by atoms with E-state index in [-0.39, 0.29) is 5.91 Å². The quantitative estimate of drug-likeness (QED) is 0.697. The van der Waals surface area contributed by atoms with Crippen molar-refractivity contribution in [3.63, 3.8) is 0 Å². The number of hydrogen-bond acceptors (Lipinski definition) is 5. The van der Waals surface area contributed by atoms with E-state index in [4.69, 9.17) is 4.74 Å². The molecule has 0 atom stereocenters. The minimum atomic E-state index is -0.0418. The van der Waals surface area contributed by atoms with Gasteiger partial charge in [0.05, 0.1) is 13.2 Å². The first-order valence-electron chi connectivity index (χ1n) is 9.04. The molecule has 1 aliphatic rings. The summed E-state index contributed by atoms with van der Waals surface area (Å²) in [5.41, 5.74) is 2.66. The van der Waals surface area contributed by atoms with Gasteiger partial charge in [0.15, 0.2) is 5.82 Å². The monoisotopic (exact) mass is 363 g/mol. The first kappa shape index (κ1) is 17.2. The van der Waals surface area contributed by atoms with Crippen molar-refractivity contribution in [1.82, 2.24) is 20.2 Å². The molecule has 0 spiro atoms. The SMILES string of the molecule is COc1ccccc1CCC(=O)Nc1cccc(-c2nnnn2C2CC2)c1. The van der Waals surface area contributed by atoms with Gasteiger partial charge >= 0.3 is 0 Å². The summed E-state index contributed by atoms with van der Waals surface area (Å²) in [5.74, 6) is 1.50. The Labute approximate surface area is 157 Å². The summed E-state index contributed by atoms with van der Waals surface area (Å²) in [6.07, 6.45) is 3.22. The van der Waals surface area contributed by atoms with Crippen molar-refractivity contribution in [3.05, 3.63) is 54.1 Å². The highest BCUT2D eigenvalue weighted by atomic mass is 16.5. The van der Waals surface area contributed by atoms with Gasteiger partial charge in [-0.15, -0.1) is 5.10 Å². The van der Waals surface area contributed by atoms with Crippen LogP contribution >= 0.6 is 0 Å². The van der Waals surface area contributed by atoms with Crippen LogP contribution in [-0.2, 0) is 11.2 Å². The molecular weight excluding hydrogens is 342 g/mol. The standard InChI is InChI=1S/C20H21N5O2/c1-27-18-8-3-2-5-14(18)9-12-19(26)21-16-7-4-6-15(13-16)20-22-23-24-25(20)17-10-11-17/h2-8,13,17H,9-12H2,1H3,(H,21,26). The molecule has 0 bridgehead atoms. The maximum Gasteiger partial charge on any atom is 0.224 e. The van der Waals surface area contributed by atoms with Crippen molar-refractivity contribution >= 4 is 11.6 Å². The van der Waals surface area contributed by atoms with Gasteiger partial charge in [-0.25, -0.2) is 4.68 Å². The molecule has 3 aromatic rings. The number of aryl methyl sites for hydroxylation is 1. The number of aromatic nitrogens is 4. The molecule has 4 rings (SSSR count). The van der Waals surface area contributed by atoms with Gasteiger partial charge in [-0.3, -0.25) is 4.79 Å². The maximum atomic E-state index is 12.4. The van der Waals surface area contributed by atoms with E-state index in [0.29, 0.717) is 18.9 Å². The fourth-order valence-corrected chi connectivity index (χ4v) is 3.07. The molecule has 1 N–H and O–H groups in total. The van der Waals surface area contributed by atoms with E-state index in [1.54, 1.807) is 7.11 Å². The fourth-order valence-electron chi connectivity index (χ4n) is 3.07. The molecule has 1 aromatic heterocycles. The summed E-state index contributed by atoms with van der Waals surface area (Å²) >= 11 is 0. The predicted molar refractivity (Wildman–Crippen MR) is 101 cm³/mol. The fraction of sp³-hybridized carbons (Fsp3) is 0.300. The van der Waals surface area contributed by atoms with E-state index in [0.717, 1.165) is 41.2 Å². The molecule has 138 valence electrons. The van der Waals surface area contributed by atoms with E-state index < -0.39 is 0 Å². The topological polar surface area (TPSA) is 81.9 Å². The lowest BCUT2D eigenvalue weighted by molar-refractivity contribution is -0.116. The zero-order chi connectivity index (χ0) is 18.6. The molecular formula is C20H21N5O2. The second-order valence-electron chi connectivity index (χ2n) is 6.62. The van der Waals surface area contributed by atoms with Crippen molar-refractivity contribution in [2.45, 2.75) is 31.7 Å². The van der Waals surface area contributed by atoms with Crippen LogP contribution in [0.2, 0.25) is 0 Å². The van der Waals surface area contributed by atoms with Crippen molar-refractivity contribution in [2.24, 2.45) is 0 Å². The molecule has 7 heteroatoms. The largest absolute Gasteiger partial charge is 0.496 e. The van der Waals surface area contributed by atoms with Crippen LogP contribution in [0.15, 0.2) is 48.5 Å². The number of rotatable bonds is 7. The van der Waals surface area contributed by atoms with Crippen LogP contribution in [0.3, 0.4) is 0 Å². The molecule has 2 aromatic carbocycles. The van der Waals surface area contributed by atoms with Crippen LogP contribution in [0.4, 0.5) is 5.69 Å². The van der Waals surface area contributed by atoms with E-state index in [9.17, 15) is 4.79 Å². The van der Waals surface area contributed by atoms with Gasteiger partial charge in [0.1, 0.15) is 5.75 Å². The Hall–Kier alpha value is -3.22. The zero-order valence-electron chi connectivity index (χ0n) is 15.1. The molecule has 0 unspecified atom stereocenters. The molecule has 1 fully saturated rings. The van der Waals surface area contributed by atoms with Crippen LogP contribution < -0.4 is 10.1 Å². The number of nitrogens with zero attached hydrogens (tertiary/aromatic N) is 4. The highest BCUT2D eigenvalue weighted by molar-refractivity contribution is 5.91. The highest BCUT2D eigenvalue weighted by Gasteiger charge is 2.28. The van der Waals surface area contributed by atoms with Crippen molar-refractivity contribution in [2.75, 3.05) is 12.4 Å². The van der Waals surface area contributed by atoms with Crippen LogP contribution in [-0.4, -0.2) is 33.2 Å². The smallest absolute Gasteiger partial charge is 0.224 e. The molecule has 0 radical (unpaired) electrons.